The number of allylic oxidation sites excluding steroid dienone is 1. The molecule has 0 aliphatic carbocycles. The molecular formula is C18H26N2O. The zero-order valence-electron chi connectivity index (χ0n) is 13.2. The predicted molar refractivity (Wildman–Crippen MR) is 89.8 cm³/mol. The minimum atomic E-state index is 0.764. The van der Waals surface area contributed by atoms with Gasteiger partial charge in [0, 0.05) is 37.3 Å². The Morgan fingerprint density at radius 3 is 2.86 bits per heavy atom. The van der Waals surface area contributed by atoms with Gasteiger partial charge in [-0.1, -0.05) is 23.8 Å². The van der Waals surface area contributed by atoms with E-state index in [0.29, 0.717) is 0 Å². The summed E-state index contributed by atoms with van der Waals surface area (Å²) in [6, 6.07) is 8.65. The third kappa shape index (κ3) is 4.45. The van der Waals surface area contributed by atoms with Crippen LogP contribution in [0.3, 0.4) is 0 Å². The van der Waals surface area contributed by atoms with E-state index in [9.17, 15) is 0 Å². The molecule has 0 aliphatic rings. The van der Waals surface area contributed by atoms with Crippen molar-refractivity contribution in [1.82, 2.24) is 9.88 Å². The maximum absolute atomic E-state index is 5.05. The van der Waals surface area contributed by atoms with Crippen LogP contribution < -0.4 is 5.32 Å². The van der Waals surface area contributed by atoms with Crippen LogP contribution in [0.25, 0.3) is 10.9 Å². The Kier molecular flexibility index (Phi) is 6.03. The van der Waals surface area contributed by atoms with Crippen molar-refractivity contribution in [2.75, 3.05) is 26.8 Å². The number of para-hydroxylation sites is 1. The van der Waals surface area contributed by atoms with Crippen LogP contribution in [0.2, 0.25) is 0 Å². The van der Waals surface area contributed by atoms with Crippen LogP contribution >= 0.6 is 0 Å². The molecule has 21 heavy (non-hydrogen) atoms. The molecule has 0 saturated carbocycles. The van der Waals surface area contributed by atoms with Crippen LogP contribution in [-0.4, -0.2) is 31.4 Å². The highest BCUT2D eigenvalue weighted by atomic mass is 16.5. The molecule has 0 radical (unpaired) electrons. The Balaban J connectivity index is 2.06. The molecule has 0 spiro atoms. The molecule has 1 aromatic heterocycles. The topological polar surface area (TPSA) is 26.2 Å². The van der Waals surface area contributed by atoms with Gasteiger partial charge in [0.05, 0.1) is 6.61 Å². The number of hydrogen-bond acceptors (Lipinski definition) is 2. The fraction of sp³-hybridized carbons (Fsp3) is 0.444. The number of ether oxygens (including phenoxy) is 1. The van der Waals surface area contributed by atoms with Crippen molar-refractivity contribution in [3.05, 3.63) is 48.2 Å². The second-order valence-electron chi connectivity index (χ2n) is 5.56. The molecule has 0 unspecified atom stereocenters. The van der Waals surface area contributed by atoms with E-state index in [-0.39, 0.29) is 0 Å². The first-order valence-electron chi connectivity index (χ1n) is 7.63. The minimum Gasteiger partial charge on any atom is -0.383 e. The monoisotopic (exact) mass is 286 g/mol. The van der Waals surface area contributed by atoms with Crippen molar-refractivity contribution < 1.29 is 4.74 Å². The number of hydrogen-bond donors (Lipinski definition) is 1. The normalized spacial score (nSPS) is 11.1. The largest absolute Gasteiger partial charge is 0.383 e. The van der Waals surface area contributed by atoms with Crippen LogP contribution in [0.4, 0.5) is 0 Å². The lowest BCUT2D eigenvalue weighted by atomic mass is 10.1. The summed E-state index contributed by atoms with van der Waals surface area (Å²) >= 11 is 0. The highest BCUT2D eigenvalue weighted by molar-refractivity contribution is 5.84. The number of rotatable bonds is 9. The van der Waals surface area contributed by atoms with Gasteiger partial charge in [-0.2, -0.15) is 0 Å². The first-order chi connectivity index (χ1) is 10.2. The molecule has 114 valence electrons. The van der Waals surface area contributed by atoms with E-state index in [2.05, 4.69) is 53.8 Å². The van der Waals surface area contributed by atoms with Gasteiger partial charge < -0.3 is 14.6 Å². The van der Waals surface area contributed by atoms with Crippen molar-refractivity contribution in [1.29, 1.82) is 0 Å². The van der Waals surface area contributed by atoms with Gasteiger partial charge >= 0.3 is 0 Å². The van der Waals surface area contributed by atoms with Crippen LogP contribution in [0.5, 0.6) is 0 Å². The summed E-state index contributed by atoms with van der Waals surface area (Å²) in [6.45, 7) is 9.75. The average Bonchev–Trinajstić information content (AvgIpc) is 2.83. The summed E-state index contributed by atoms with van der Waals surface area (Å²) in [7, 11) is 1.73. The Bertz CT molecular complexity index is 586. The van der Waals surface area contributed by atoms with Crippen LogP contribution in [0.15, 0.2) is 42.6 Å². The molecule has 0 amide bonds. The second kappa shape index (κ2) is 8.01. The van der Waals surface area contributed by atoms with Gasteiger partial charge in [0.1, 0.15) is 0 Å². The first-order valence-corrected chi connectivity index (χ1v) is 7.63. The first kappa shape index (κ1) is 15.8. The molecule has 1 heterocycles. The molecule has 0 aliphatic heterocycles. The van der Waals surface area contributed by atoms with Crippen molar-refractivity contribution in [2.24, 2.45) is 0 Å². The van der Waals surface area contributed by atoms with E-state index < -0.39 is 0 Å². The third-order valence-corrected chi connectivity index (χ3v) is 3.70. The summed E-state index contributed by atoms with van der Waals surface area (Å²) in [6.07, 6.45) is 4.38. The summed E-state index contributed by atoms with van der Waals surface area (Å²) < 4.78 is 7.40. The van der Waals surface area contributed by atoms with Gasteiger partial charge in [-0.3, -0.25) is 0 Å². The van der Waals surface area contributed by atoms with Crippen LogP contribution in [0, 0.1) is 0 Å². The number of nitrogens with zero attached hydrogens (tertiary/aromatic N) is 1. The Hall–Kier alpha value is -1.58. The number of fused-ring (bicyclic) bond motifs is 1. The molecule has 0 bridgehead atoms. The van der Waals surface area contributed by atoms with Crippen molar-refractivity contribution in [3.8, 4) is 0 Å². The lowest BCUT2D eigenvalue weighted by Gasteiger charge is -2.04. The quantitative estimate of drug-likeness (QED) is 0.565. The summed E-state index contributed by atoms with van der Waals surface area (Å²) in [5.74, 6) is 0. The number of aromatic nitrogens is 1. The van der Waals surface area contributed by atoms with Crippen molar-refractivity contribution >= 4 is 10.9 Å². The zero-order valence-corrected chi connectivity index (χ0v) is 13.2. The van der Waals surface area contributed by atoms with Gasteiger partial charge in [0.2, 0.25) is 0 Å². The smallest absolute Gasteiger partial charge is 0.0587 e. The van der Waals surface area contributed by atoms with Crippen molar-refractivity contribution in [3.63, 3.8) is 0 Å². The molecule has 0 atom stereocenters. The molecule has 1 N–H and O–H groups in total. The van der Waals surface area contributed by atoms with Crippen LogP contribution in [-0.2, 0) is 17.7 Å². The van der Waals surface area contributed by atoms with E-state index in [1.54, 1.807) is 7.11 Å². The number of nitrogens with one attached hydrogen (secondary N) is 1. The lowest BCUT2D eigenvalue weighted by Crippen LogP contribution is -2.21. The Morgan fingerprint density at radius 1 is 1.29 bits per heavy atom. The summed E-state index contributed by atoms with van der Waals surface area (Å²) in [5, 5.41) is 4.78. The maximum atomic E-state index is 5.05. The number of benzene rings is 1. The van der Waals surface area contributed by atoms with Gasteiger partial charge in [-0.05, 0) is 37.9 Å². The number of aryl methyl sites for hydroxylation is 1. The maximum Gasteiger partial charge on any atom is 0.0587 e. The van der Waals surface area contributed by atoms with Gasteiger partial charge in [-0.15, -0.1) is 6.58 Å². The molecular weight excluding hydrogens is 260 g/mol. The fourth-order valence-electron chi connectivity index (χ4n) is 2.54. The van der Waals surface area contributed by atoms with Gasteiger partial charge in [0.25, 0.3) is 0 Å². The highest BCUT2D eigenvalue weighted by Gasteiger charge is 2.07. The molecule has 2 rings (SSSR count). The highest BCUT2D eigenvalue weighted by Crippen LogP contribution is 2.22. The molecule has 3 heteroatoms. The fourth-order valence-corrected chi connectivity index (χ4v) is 2.54. The average molecular weight is 286 g/mol. The van der Waals surface area contributed by atoms with Gasteiger partial charge in [-0.25, -0.2) is 0 Å². The second-order valence-corrected chi connectivity index (χ2v) is 5.56. The minimum absolute atomic E-state index is 0.764. The van der Waals surface area contributed by atoms with Crippen LogP contribution in [0.1, 0.15) is 18.9 Å². The number of methoxy groups -OCH3 is 1. The molecule has 0 fully saturated rings. The Morgan fingerprint density at radius 2 is 2.10 bits per heavy atom. The Labute approximate surface area is 127 Å². The SMILES string of the molecule is C=C(C)CCn1cc(CCNCCOC)c2ccccc21. The standard InChI is InChI=1S/C18H26N2O/c1-15(2)9-12-20-14-16(8-10-19-11-13-21-3)17-6-4-5-7-18(17)20/h4-7,14,19H,1,8-13H2,2-3H3. The summed E-state index contributed by atoms with van der Waals surface area (Å²) in [4.78, 5) is 0. The molecule has 2 aromatic rings. The molecule has 1 aromatic carbocycles. The van der Waals surface area contributed by atoms with Gasteiger partial charge in [0.15, 0.2) is 0 Å². The summed E-state index contributed by atoms with van der Waals surface area (Å²) in [5.41, 5.74) is 3.97. The predicted octanol–water partition coefficient (Wildman–Crippen LogP) is 3.39. The lowest BCUT2D eigenvalue weighted by molar-refractivity contribution is 0.199. The van der Waals surface area contributed by atoms with E-state index in [0.717, 1.165) is 39.1 Å². The van der Waals surface area contributed by atoms with E-state index >= 15 is 0 Å². The third-order valence-electron chi connectivity index (χ3n) is 3.70. The molecule has 0 saturated heterocycles. The molecule has 3 nitrogen and oxygen atoms in total. The van der Waals surface area contributed by atoms with E-state index in [1.165, 1.54) is 22.0 Å². The zero-order chi connectivity index (χ0) is 15.1. The van der Waals surface area contributed by atoms with E-state index in [4.69, 9.17) is 4.74 Å². The van der Waals surface area contributed by atoms with Crippen molar-refractivity contribution in [2.45, 2.75) is 26.3 Å². The van der Waals surface area contributed by atoms with E-state index in [1.807, 2.05) is 0 Å².